The highest BCUT2D eigenvalue weighted by molar-refractivity contribution is 5.93. The van der Waals surface area contributed by atoms with Crippen molar-refractivity contribution >= 4 is 29.1 Å². The molecule has 3 N–H and O–H groups in total. The first-order valence-electron chi connectivity index (χ1n) is 12.0. The Kier molecular flexibility index (Phi) is 10.2. The fraction of sp³-hybridized carbons (Fsp3) is 0.423. The standard InChI is InChI=1S/C26H35N5O4/c1-3-30(19-26(34)29-24-10-8-23(9-11-24)28-20(2)32)18-25(33)27-16-21-6-4-5-7-22(21)17-31-12-14-35-15-13-31/h4-11H,3,12-19H2,1-2H3,(H,27,33)(H,28,32)(H,29,34). The van der Waals surface area contributed by atoms with Gasteiger partial charge in [-0.2, -0.15) is 0 Å². The third kappa shape index (κ3) is 9.12. The molecule has 9 heteroatoms. The third-order valence-corrected chi connectivity index (χ3v) is 5.76. The predicted molar refractivity (Wildman–Crippen MR) is 136 cm³/mol. The van der Waals surface area contributed by atoms with Gasteiger partial charge < -0.3 is 20.7 Å². The molecule has 9 nitrogen and oxygen atoms in total. The van der Waals surface area contributed by atoms with E-state index in [-0.39, 0.29) is 30.8 Å². The van der Waals surface area contributed by atoms with Gasteiger partial charge in [0, 0.05) is 44.5 Å². The van der Waals surface area contributed by atoms with Gasteiger partial charge in [0.05, 0.1) is 26.3 Å². The normalized spacial score (nSPS) is 13.9. The SMILES string of the molecule is CCN(CC(=O)NCc1ccccc1CN1CCOCC1)CC(=O)Nc1ccc(NC(C)=O)cc1. The van der Waals surface area contributed by atoms with E-state index in [1.165, 1.54) is 12.5 Å². The molecule has 35 heavy (non-hydrogen) atoms. The van der Waals surface area contributed by atoms with Crippen molar-refractivity contribution < 1.29 is 19.1 Å². The van der Waals surface area contributed by atoms with Crippen molar-refractivity contribution in [2.75, 3.05) is 56.6 Å². The molecule has 0 bridgehead atoms. The van der Waals surface area contributed by atoms with Gasteiger partial charge in [0.15, 0.2) is 0 Å². The second-order valence-corrected chi connectivity index (χ2v) is 8.54. The van der Waals surface area contributed by atoms with Crippen molar-refractivity contribution in [1.29, 1.82) is 0 Å². The maximum absolute atomic E-state index is 12.6. The summed E-state index contributed by atoms with van der Waals surface area (Å²) in [6, 6.07) is 15.0. The van der Waals surface area contributed by atoms with Crippen LogP contribution in [0.2, 0.25) is 0 Å². The number of hydrogen-bond donors (Lipinski definition) is 3. The number of nitrogens with zero attached hydrogens (tertiary/aromatic N) is 2. The van der Waals surface area contributed by atoms with Crippen molar-refractivity contribution in [3.63, 3.8) is 0 Å². The van der Waals surface area contributed by atoms with E-state index in [2.05, 4.69) is 26.9 Å². The molecule has 1 heterocycles. The number of amides is 3. The van der Waals surface area contributed by atoms with Crippen LogP contribution in [0, 0.1) is 0 Å². The molecule has 3 amide bonds. The first kappa shape index (κ1) is 26.3. The van der Waals surface area contributed by atoms with Crippen LogP contribution >= 0.6 is 0 Å². The van der Waals surface area contributed by atoms with Gasteiger partial charge >= 0.3 is 0 Å². The maximum atomic E-state index is 12.6. The lowest BCUT2D eigenvalue weighted by Crippen LogP contribution is -2.41. The number of benzene rings is 2. The van der Waals surface area contributed by atoms with E-state index in [0.29, 0.717) is 24.5 Å². The Hall–Kier alpha value is -3.27. The quantitative estimate of drug-likeness (QED) is 0.454. The summed E-state index contributed by atoms with van der Waals surface area (Å²) >= 11 is 0. The summed E-state index contributed by atoms with van der Waals surface area (Å²) in [7, 11) is 0. The van der Waals surface area contributed by atoms with Gasteiger partial charge in [-0.15, -0.1) is 0 Å². The van der Waals surface area contributed by atoms with Crippen LogP contribution in [0.3, 0.4) is 0 Å². The van der Waals surface area contributed by atoms with Crippen LogP contribution in [0.4, 0.5) is 11.4 Å². The summed E-state index contributed by atoms with van der Waals surface area (Å²) in [4.78, 5) is 40.3. The molecule has 1 aliphatic rings. The minimum absolute atomic E-state index is 0.102. The molecule has 1 saturated heterocycles. The molecule has 1 aliphatic heterocycles. The highest BCUT2D eigenvalue weighted by Crippen LogP contribution is 2.14. The number of hydrogen-bond acceptors (Lipinski definition) is 6. The minimum atomic E-state index is -0.206. The molecule has 0 radical (unpaired) electrons. The second-order valence-electron chi connectivity index (χ2n) is 8.54. The molecule has 2 aromatic rings. The van der Waals surface area contributed by atoms with Gasteiger partial charge in [0.2, 0.25) is 17.7 Å². The lowest BCUT2D eigenvalue weighted by molar-refractivity contribution is -0.123. The van der Waals surface area contributed by atoms with E-state index in [0.717, 1.165) is 38.4 Å². The molecular weight excluding hydrogens is 446 g/mol. The van der Waals surface area contributed by atoms with Crippen molar-refractivity contribution in [2.24, 2.45) is 0 Å². The molecule has 0 aliphatic carbocycles. The molecule has 0 atom stereocenters. The molecule has 0 saturated carbocycles. The summed E-state index contributed by atoms with van der Waals surface area (Å²) in [5.41, 5.74) is 3.58. The summed E-state index contributed by atoms with van der Waals surface area (Å²) < 4.78 is 5.43. The van der Waals surface area contributed by atoms with E-state index in [4.69, 9.17) is 4.74 Å². The van der Waals surface area contributed by atoms with Crippen LogP contribution in [-0.2, 0) is 32.2 Å². The lowest BCUT2D eigenvalue weighted by Gasteiger charge is -2.27. The maximum Gasteiger partial charge on any atom is 0.238 e. The largest absolute Gasteiger partial charge is 0.379 e. The molecule has 2 aromatic carbocycles. The van der Waals surface area contributed by atoms with Crippen LogP contribution < -0.4 is 16.0 Å². The second kappa shape index (κ2) is 13.6. The number of nitrogens with one attached hydrogen (secondary N) is 3. The lowest BCUT2D eigenvalue weighted by atomic mass is 10.1. The Balaban J connectivity index is 1.45. The molecule has 0 aromatic heterocycles. The highest BCUT2D eigenvalue weighted by atomic mass is 16.5. The summed E-state index contributed by atoms with van der Waals surface area (Å²) in [6.07, 6.45) is 0. The van der Waals surface area contributed by atoms with Gasteiger partial charge in [0.25, 0.3) is 0 Å². The van der Waals surface area contributed by atoms with E-state index in [9.17, 15) is 14.4 Å². The molecule has 0 unspecified atom stereocenters. The fourth-order valence-electron chi connectivity index (χ4n) is 3.86. The van der Waals surface area contributed by atoms with Gasteiger partial charge in [0.1, 0.15) is 0 Å². The minimum Gasteiger partial charge on any atom is -0.379 e. The zero-order chi connectivity index (χ0) is 25.0. The van der Waals surface area contributed by atoms with E-state index in [1.807, 2.05) is 25.1 Å². The van der Waals surface area contributed by atoms with Crippen LogP contribution in [0.1, 0.15) is 25.0 Å². The summed E-state index contributed by atoms with van der Waals surface area (Å²) in [5.74, 6) is -0.484. The van der Waals surface area contributed by atoms with Gasteiger partial charge in [-0.1, -0.05) is 31.2 Å². The topological polar surface area (TPSA) is 103 Å². The Morgan fingerprint density at radius 2 is 1.49 bits per heavy atom. The zero-order valence-electron chi connectivity index (χ0n) is 20.5. The molecular formula is C26H35N5O4. The van der Waals surface area contributed by atoms with Crippen LogP contribution in [0.15, 0.2) is 48.5 Å². The summed E-state index contributed by atoms with van der Waals surface area (Å²) in [6.45, 7) is 8.77. The number of carbonyl (C=O) groups excluding carboxylic acids is 3. The van der Waals surface area contributed by atoms with Gasteiger partial charge in [-0.3, -0.25) is 24.2 Å². The fourth-order valence-corrected chi connectivity index (χ4v) is 3.86. The third-order valence-electron chi connectivity index (χ3n) is 5.76. The Labute approximate surface area is 206 Å². The first-order valence-corrected chi connectivity index (χ1v) is 12.0. The van der Waals surface area contributed by atoms with E-state index < -0.39 is 0 Å². The Bertz CT molecular complexity index is 989. The summed E-state index contributed by atoms with van der Waals surface area (Å²) in [5, 5.41) is 8.51. The molecule has 0 spiro atoms. The average molecular weight is 482 g/mol. The van der Waals surface area contributed by atoms with Gasteiger partial charge in [-0.05, 0) is 41.9 Å². The van der Waals surface area contributed by atoms with Crippen molar-refractivity contribution in [1.82, 2.24) is 15.1 Å². The van der Waals surface area contributed by atoms with Crippen molar-refractivity contribution in [2.45, 2.75) is 26.9 Å². The predicted octanol–water partition coefficient (Wildman–Crippen LogP) is 2.05. The first-order chi connectivity index (χ1) is 16.9. The van der Waals surface area contributed by atoms with Crippen molar-refractivity contribution in [3.8, 4) is 0 Å². The zero-order valence-corrected chi connectivity index (χ0v) is 20.5. The number of ether oxygens (including phenoxy) is 1. The molecule has 188 valence electrons. The number of anilines is 2. The number of morpholine rings is 1. The van der Waals surface area contributed by atoms with E-state index >= 15 is 0 Å². The Morgan fingerprint density at radius 3 is 2.11 bits per heavy atom. The number of likely N-dealkylation sites (N-methyl/N-ethyl adjacent to an activating group) is 1. The van der Waals surface area contributed by atoms with E-state index in [1.54, 1.807) is 29.2 Å². The van der Waals surface area contributed by atoms with Gasteiger partial charge in [-0.25, -0.2) is 0 Å². The van der Waals surface area contributed by atoms with Crippen LogP contribution in [-0.4, -0.2) is 73.5 Å². The molecule has 1 fully saturated rings. The highest BCUT2D eigenvalue weighted by Gasteiger charge is 2.15. The number of carbonyl (C=O) groups is 3. The van der Waals surface area contributed by atoms with Crippen LogP contribution in [0.25, 0.3) is 0 Å². The average Bonchev–Trinajstić information content (AvgIpc) is 2.84. The van der Waals surface area contributed by atoms with Crippen molar-refractivity contribution in [3.05, 3.63) is 59.7 Å². The Morgan fingerprint density at radius 1 is 0.886 bits per heavy atom. The smallest absolute Gasteiger partial charge is 0.238 e. The monoisotopic (exact) mass is 481 g/mol. The van der Waals surface area contributed by atoms with Crippen LogP contribution in [0.5, 0.6) is 0 Å². The number of rotatable bonds is 11. The molecule has 3 rings (SSSR count).